The first kappa shape index (κ1) is 13.5. The first-order valence-corrected chi connectivity index (χ1v) is 6.80. The number of fused-ring (bicyclic) bond motifs is 1. The number of aliphatic hydroxyl groups is 1. The fourth-order valence-electron chi connectivity index (χ4n) is 2.57. The minimum absolute atomic E-state index is 0.0470. The van der Waals surface area contributed by atoms with Gasteiger partial charge in [0.2, 0.25) is 0 Å². The van der Waals surface area contributed by atoms with Gasteiger partial charge in [-0.3, -0.25) is 9.88 Å². The number of aliphatic hydroxyl groups excluding tert-OH is 1. The van der Waals surface area contributed by atoms with Crippen LogP contribution in [0.4, 0.5) is 10.6 Å². The molecule has 1 aliphatic rings. The summed E-state index contributed by atoms with van der Waals surface area (Å²) in [5.74, 6) is 0.642. The van der Waals surface area contributed by atoms with E-state index in [1.807, 2.05) is 12.1 Å². The van der Waals surface area contributed by atoms with E-state index in [-0.39, 0.29) is 6.61 Å². The van der Waals surface area contributed by atoms with Crippen LogP contribution in [0.5, 0.6) is 0 Å². The summed E-state index contributed by atoms with van der Waals surface area (Å²) in [7, 11) is 0. The number of amides is 2. The Morgan fingerprint density at radius 1 is 1.29 bits per heavy atom. The molecule has 1 aliphatic heterocycles. The molecule has 0 unspecified atom stereocenters. The number of urea groups is 1. The van der Waals surface area contributed by atoms with Crippen LogP contribution in [0.25, 0.3) is 11.1 Å². The van der Waals surface area contributed by atoms with Crippen LogP contribution in [-0.2, 0) is 13.0 Å². The predicted molar refractivity (Wildman–Crippen MR) is 78.6 cm³/mol. The molecule has 0 saturated carbocycles. The lowest BCUT2D eigenvalue weighted by molar-refractivity contribution is 0.253. The van der Waals surface area contributed by atoms with Crippen molar-refractivity contribution in [2.24, 2.45) is 5.73 Å². The van der Waals surface area contributed by atoms with E-state index in [4.69, 9.17) is 5.73 Å². The third-order valence-electron chi connectivity index (χ3n) is 3.60. The van der Waals surface area contributed by atoms with Crippen LogP contribution in [0, 0.1) is 0 Å². The van der Waals surface area contributed by atoms with Crippen molar-refractivity contribution in [1.29, 1.82) is 0 Å². The highest BCUT2D eigenvalue weighted by Gasteiger charge is 2.22. The number of pyridine rings is 2. The Bertz CT molecular complexity index is 687. The summed E-state index contributed by atoms with van der Waals surface area (Å²) in [6.07, 6.45) is 6.81. The smallest absolute Gasteiger partial charge is 0.320 e. The Balaban J connectivity index is 2.01. The van der Waals surface area contributed by atoms with Crippen LogP contribution in [0.3, 0.4) is 0 Å². The van der Waals surface area contributed by atoms with Gasteiger partial charge in [0.1, 0.15) is 5.82 Å². The quantitative estimate of drug-likeness (QED) is 0.873. The number of nitrogens with zero attached hydrogens (tertiary/aromatic N) is 3. The van der Waals surface area contributed by atoms with Gasteiger partial charge >= 0.3 is 6.03 Å². The van der Waals surface area contributed by atoms with E-state index in [2.05, 4.69) is 9.97 Å². The highest BCUT2D eigenvalue weighted by molar-refractivity contribution is 5.91. The highest BCUT2D eigenvalue weighted by Crippen LogP contribution is 2.29. The lowest BCUT2D eigenvalue weighted by atomic mass is 10.0. The van der Waals surface area contributed by atoms with Gasteiger partial charge < -0.3 is 10.8 Å². The zero-order valence-electron chi connectivity index (χ0n) is 11.5. The number of primary amides is 1. The number of aryl methyl sites for hydroxylation is 1. The van der Waals surface area contributed by atoms with E-state index in [1.165, 1.54) is 4.90 Å². The molecule has 0 atom stereocenters. The van der Waals surface area contributed by atoms with Gasteiger partial charge in [-0.2, -0.15) is 0 Å². The molecule has 0 aromatic carbocycles. The Labute approximate surface area is 122 Å². The summed E-state index contributed by atoms with van der Waals surface area (Å²) in [6, 6.07) is 3.42. The maximum Gasteiger partial charge on any atom is 0.320 e. The van der Waals surface area contributed by atoms with Gasteiger partial charge in [0.15, 0.2) is 0 Å². The number of hydrogen-bond donors (Lipinski definition) is 2. The van der Waals surface area contributed by atoms with E-state index in [9.17, 15) is 9.90 Å². The predicted octanol–water partition coefficient (Wildman–Crippen LogP) is 1.47. The molecule has 3 heterocycles. The highest BCUT2D eigenvalue weighted by atomic mass is 16.3. The Morgan fingerprint density at radius 3 is 2.86 bits per heavy atom. The third-order valence-corrected chi connectivity index (χ3v) is 3.60. The Kier molecular flexibility index (Phi) is 3.53. The fourth-order valence-corrected chi connectivity index (χ4v) is 2.57. The van der Waals surface area contributed by atoms with Crippen molar-refractivity contribution in [2.75, 3.05) is 11.4 Å². The monoisotopic (exact) mass is 284 g/mol. The summed E-state index contributed by atoms with van der Waals surface area (Å²) in [4.78, 5) is 21.4. The summed E-state index contributed by atoms with van der Waals surface area (Å²) in [6.45, 7) is 0.560. The molecule has 0 spiro atoms. The maximum atomic E-state index is 11.4. The minimum atomic E-state index is -0.472. The molecule has 21 heavy (non-hydrogen) atoms. The number of aromatic nitrogens is 2. The topological polar surface area (TPSA) is 92.3 Å². The van der Waals surface area contributed by atoms with Crippen molar-refractivity contribution in [3.63, 3.8) is 0 Å². The molecule has 6 nitrogen and oxygen atoms in total. The molecule has 0 radical (unpaired) electrons. The van der Waals surface area contributed by atoms with Crippen molar-refractivity contribution in [2.45, 2.75) is 19.4 Å². The summed E-state index contributed by atoms with van der Waals surface area (Å²) >= 11 is 0. The molecular weight excluding hydrogens is 268 g/mol. The molecule has 2 amide bonds. The van der Waals surface area contributed by atoms with E-state index >= 15 is 0 Å². The van der Waals surface area contributed by atoms with Gasteiger partial charge in [-0.05, 0) is 36.1 Å². The lowest BCUT2D eigenvalue weighted by Crippen LogP contribution is -2.40. The van der Waals surface area contributed by atoms with Crippen molar-refractivity contribution >= 4 is 11.8 Å². The van der Waals surface area contributed by atoms with Gasteiger partial charge in [-0.25, -0.2) is 9.78 Å². The molecule has 3 N–H and O–H groups in total. The van der Waals surface area contributed by atoms with Gasteiger partial charge in [0, 0.05) is 36.3 Å². The Hall–Kier alpha value is -2.47. The maximum absolute atomic E-state index is 11.4. The summed E-state index contributed by atoms with van der Waals surface area (Å²) in [5, 5.41) is 9.18. The lowest BCUT2D eigenvalue weighted by Gasteiger charge is -2.26. The molecule has 0 saturated heterocycles. The Morgan fingerprint density at radius 2 is 2.10 bits per heavy atom. The molecule has 108 valence electrons. The van der Waals surface area contributed by atoms with E-state index < -0.39 is 6.03 Å². The summed E-state index contributed by atoms with van der Waals surface area (Å²) < 4.78 is 0. The van der Waals surface area contributed by atoms with Gasteiger partial charge in [-0.15, -0.1) is 0 Å². The molecule has 6 heteroatoms. The normalized spacial score (nSPS) is 13.9. The van der Waals surface area contributed by atoms with Crippen LogP contribution in [0.1, 0.15) is 17.5 Å². The van der Waals surface area contributed by atoms with Crippen LogP contribution in [0.15, 0.2) is 30.7 Å². The SMILES string of the molecule is NC(=O)N1CCCc2cc(-c3cncc(CO)c3)cnc21. The van der Waals surface area contributed by atoms with Gasteiger partial charge in [-0.1, -0.05) is 0 Å². The second-order valence-electron chi connectivity index (χ2n) is 5.04. The average Bonchev–Trinajstić information content (AvgIpc) is 2.53. The largest absolute Gasteiger partial charge is 0.392 e. The molecular formula is C15H16N4O2. The number of carbonyl (C=O) groups excluding carboxylic acids is 1. The van der Waals surface area contributed by atoms with Crippen molar-refractivity contribution in [1.82, 2.24) is 9.97 Å². The number of nitrogens with two attached hydrogens (primary N) is 1. The third kappa shape index (κ3) is 2.57. The van der Waals surface area contributed by atoms with Crippen molar-refractivity contribution in [3.8, 4) is 11.1 Å². The fraction of sp³-hybridized carbons (Fsp3) is 0.267. The molecule has 0 fully saturated rings. The summed E-state index contributed by atoms with van der Waals surface area (Å²) in [5.41, 5.74) is 8.95. The number of carbonyl (C=O) groups is 1. The van der Waals surface area contributed by atoms with Crippen molar-refractivity contribution in [3.05, 3.63) is 41.9 Å². The van der Waals surface area contributed by atoms with E-state index in [0.717, 1.165) is 35.1 Å². The zero-order valence-corrected chi connectivity index (χ0v) is 11.5. The van der Waals surface area contributed by atoms with Crippen molar-refractivity contribution < 1.29 is 9.90 Å². The van der Waals surface area contributed by atoms with E-state index in [0.29, 0.717) is 12.4 Å². The number of rotatable bonds is 2. The first-order chi connectivity index (χ1) is 10.2. The standard InChI is InChI=1S/C15H16N4O2/c16-15(21)19-3-1-2-11-5-13(8-18-14(11)19)12-4-10(9-20)6-17-7-12/h4-8,20H,1-3,9H2,(H2,16,21). The number of anilines is 1. The molecule has 2 aromatic rings. The van der Waals surface area contributed by atoms with Crippen LogP contribution in [-0.4, -0.2) is 27.7 Å². The van der Waals surface area contributed by atoms with E-state index in [1.54, 1.807) is 18.6 Å². The molecule has 2 aromatic heterocycles. The average molecular weight is 284 g/mol. The van der Waals surface area contributed by atoms with Gasteiger partial charge in [0.05, 0.1) is 6.61 Å². The second kappa shape index (κ2) is 5.49. The zero-order chi connectivity index (χ0) is 14.8. The molecule has 0 aliphatic carbocycles. The first-order valence-electron chi connectivity index (χ1n) is 6.80. The molecule has 0 bridgehead atoms. The van der Waals surface area contributed by atoms with Gasteiger partial charge in [0.25, 0.3) is 0 Å². The minimum Gasteiger partial charge on any atom is -0.392 e. The van der Waals surface area contributed by atoms with Crippen LogP contribution >= 0.6 is 0 Å². The van der Waals surface area contributed by atoms with Crippen LogP contribution in [0.2, 0.25) is 0 Å². The van der Waals surface area contributed by atoms with Crippen LogP contribution < -0.4 is 10.6 Å². The second-order valence-corrected chi connectivity index (χ2v) is 5.04. The molecule has 3 rings (SSSR count). The number of hydrogen-bond acceptors (Lipinski definition) is 4.